The molecule has 1 aromatic heterocycles. The molecular formula is C24H18Cl2FN5O. The summed E-state index contributed by atoms with van der Waals surface area (Å²) >= 11 is 6.49. The highest BCUT2D eigenvalue weighted by molar-refractivity contribution is 6.31. The van der Waals surface area contributed by atoms with Crippen molar-refractivity contribution < 1.29 is 9.18 Å². The third kappa shape index (κ3) is 4.60. The summed E-state index contributed by atoms with van der Waals surface area (Å²) in [4.78, 5) is 17.0. The van der Waals surface area contributed by atoms with Gasteiger partial charge in [-0.2, -0.15) is 4.98 Å². The number of anilines is 2. The Morgan fingerprint density at radius 1 is 1.00 bits per heavy atom. The third-order valence-corrected chi connectivity index (χ3v) is 5.45. The molecule has 1 aliphatic heterocycles. The number of hydrogen-bond acceptors (Lipinski definition) is 4. The lowest BCUT2D eigenvalue weighted by Crippen LogP contribution is -2.20. The fourth-order valence-corrected chi connectivity index (χ4v) is 3.79. The van der Waals surface area contributed by atoms with E-state index in [1.807, 2.05) is 60.7 Å². The first kappa shape index (κ1) is 22.5. The standard InChI is InChI=1S/C24H17ClFN5O.ClH/c25-19-9-5-4-8-18(19)21-14-20(15-6-2-1-3-7-15)27-24-29-23(30-31(21)24)28-22(32)16-10-12-17(26)13-11-16;/h1-14,21H,(H2,27,28,29,30,32);1H. The van der Waals surface area contributed by atoms with Crippen LogP contribution < -0.4 is 10.6 Å². The molecule has 1 atom stereocenters. The molecule has 6 nitrogen and oxygen atoms in total. The van der Waals surface area contributed by atoms with Crippen molar-refractivity contribution in [3.8, 4) is 0 Å². The van der Waals surface area contributed by atoms with Crippen LogP contribution >= 0.6 is 24.0 Å². The van der Waals surface area contributed by atoms with Crippen LogP contribution in [0.1, 0.15) is 27.5 Å². The molecule has 0 radical (unpaired) electrons. The Morgan fingerprint density at radius 3 is 2.42 bits per heavy atom. The van der Waals surface area contributed by atoms with Gasteiger partial charge in [0, 0.05) is 16.3 Å². The van der Waals surface area contributed by atoms with Crippen LogP contribution in [0.5, 0.6) is 0 Å². The van der Waals surface area contributed by atoms with E-state index in [4.69, 9.17) is 11.6 Å². The Bertz CT molecular complexity index is 1320. The molecule has 1 aliphatic rings. The zero-order chi connectivity index (χ0) is 22.1. The number of aromatic nitrogens is 3. The lowest BCUT2D eigenvalue weighted by atomic mass is 10.0. The maximum absolute atomic E-state index is 13.2. The predicted molar refractivity (Wildman–Crippen MR) is 129 cm³/mol. The van der Waals surface area contributed by atoms with Gasteiger partial charge >= 0.3 is 0 Å². The molecule has 5 rings (SSSR count). The average molecular weight is 482 g/mol. The van der Waals surface area contributed by atoms with E-state index in [2.05, 4.69) is 20.7 Å². The molecule has 166 valence electrons. The van der Waals surface area contributed by atoms with Crippen molar-refractivity contribution in [2.75, 3.05) is 10.6 Å². The fourth-order valence-electron chi connectivity index (χ4n) is 3.54. The molecule has 0 aliphatic carbocycles. The van der Waals surface area contributed by atoms with Gasteiger partial charge in [0.15, 0.2) is 0 Å². The largest absolute Gasteiger partial charge is 0.324 e. The van der Waals surface area contributed by atoms with Gasteiger partial charge in [-0.3, -0.25) is 10.1 Å². The smallest absolute Gasteiger partial charge is 0.258 e. The van der Waals surface area contributed by atoms with Crippen LogP contribution in [0.2, 0.25) is 5.02 Å². The molecule has 0 bridgehead atoms. The molecule has 4 aromatic rings. The van der Waals surface area contributed by atoms with E-state index < -0.39 is 11.7 Å². The van der Waals surface area contributed by atoms with Crippen LogP contribution in [0.4, 0.5) is 16.3 Å². The predicted octanol–water partition coefficient (Wildman–Crippen LogP) is 5.80. The summed E-state index contributed by atoms with van der Waals surface area (Å²) in [6, 6.07) is 22.3. The first-order valence-electron chi connectivity index (χ1n) is 9.90. The van der Waals surface area contributed by atoms with Gasteiger partial charge in [0.1, 0.15) is 11.9 Å². The number of rotatable bonds is 4. The van der Waals surface area contributed by atoms with E-state index in [1.54, 1.807) is 4.68 Å². The SMILES string of the molecule is Cl.O=C(Nc1nc2n(n1)C(c1ccccc1Cl)C=C(c1ccccc1)N2)c1ccc(F)cc1. The third-order valence-electron chi connectivity index (χ3n) is 5.11. The van der Waals surface area contributed by atoms with Crippen LogP contribution in [-0.2, 0) is 0 Å². The Morgan fingerprint density at radius 2 is 1.70 bits per heavy atom. The van der Waals surface area contributed by atoms with Crippen molar-refractivity contribution >= 4 is 47.5 Å². The molecule has 1 amide bonds. The molecule has 0 fully saturated rings. The molecule has 2 N–H and O–H groups in total. The first-order chi connectivity index (χ1) is 15.6. The summed E-state index contributed by atoms with van der Waals surface area (Å²) in [7, 11) is 0. The number of amides is 1. The Kier molecular flexibility index (Phi) is 6.44. The number of benzene rings is 3. The van der Waals surface area contributed by atoms with E-state index in [1.165, 1.54) is 24.3 Å². The van der Waals surface area contributed by atoms with Crippen molar-refractivity contribution in [1.82, 2.24) is 14.8 Å². The van der Waals surface area contributed by atoms with Crippen molar-refractivity contribution in [2.45, 2.75) is 6.04 Å². The van der Waals surface area contributed by atoms with Gasteiger partial charge in [-0.25, -0.2) is 9.07 Å². The zero-order valence-corrected chi connectivity index (χ0v) is 18.6. The molecule has 0 spiro atoms. The van der Waals surface area contributed by atoms with Crippen molar-refractivity contribution in [2.24, 2.45) is 0 Å². The minimum atomic E-state index is -0.432. The maximum Gasteiger partial charge on any atom is 0.258 e. The number of hydrogen-bond donors (Lipinski definition) is 2. The highest BCUT2D eigenvalue weighted by atomic mass is 35.5. The normalized spacial score (nSPS) is 14.4. The van der Waals surface area contributed by atoms with E-state index in [0.29, 0.717) is 16.5 Å². The molecule has 0 saturated heterocycles. The molecular weight excluding hydrogens is 464 g/mol. The van der Waals surface area contributed by atoms with Gasteiger partial charge in [-0.1, -0.05) is 60.1 Å². The van der Waals surface area contributed by atoms with Gasteiger partial charge < -0.3 is 5.32 Å². The Labute approximate surface area is 200 Å². The van der Waals surface area contributed by atoms with Crippen LogP contribution in [0.15, 0.2) is 84.9 Å². The van der Waals surface area contributed by atoms with Gasteiger partial charge in [0.25, 0.3) is 11.9 Å². The van der Waals surface area contributed by atoms with Crippen molar-refractivity contribution in [3.63, 3.8) is 0 Å². The van der Waals surface area contributed by atoms with Gasteiger partial charge in [0.05, 0.1) is 0 Å². The summed E-state index contributed by atoms with van der Waals surface area (Å²) < 4.78 is 14.8. The number of carbonyl (C=O) groups excluding carboxylic acids is 1. The summed E-state index contributed by atoms with van der Waals surface area (Å²) in [6.45, 7) is 0. The van der Waals surface area contributed by atoms with Crippen molar-refractivity contribution in [3.05, 3.63) is 112 Å². The van der Waals surface area contributed by atoms with Gasteiger partial charge in [-0.05, 0) is 47.5 Å². The number of nitrogens with zero attached hydrogens (tertiary/aromatic N) is 3. The molecule has 9 heteroatoms. The van der Waals surface area contributed by atoms with Crippen molar-refractivity contribution in [1.29, 1.82) is 0 Å². The molecule has 2 heterocycles. The first-order valence-corrected chi connectivity index (χ1v) is 10.3. The second-order valence-electron chi connectivity index (χ2n) is 7.20. The second kappa shape index (κ2) is 9.44. The van der Waals surface area contributed by atoms with E-state index in [-0.39, 0.29) is 24.4 Å². The van der Waals surface area contributed by atoms with Crippen LogP contribution in [0.3, 0.4) is 0 Å². The van der Waals surface area contributed by atoms with E-state index in [9.17, 15) is 9.18 Å². The topological polar surface area (TPSA) is 71.8 Å². The van der Waals surface area contributed by atoms with Crippen LogP contribution in [-0.4, -0.2) is 20.7 Å². The Balaban J connectivity index is 0.00000259. The minimum absolute atomic E-state index is 0. The van der Waals surface area contributed by atoms with Crippen LogP contribution in [0.25, 0.3) is 5.70 Å². The fraction of sp³-hybridized carbons (Fsp3) is 0.0417. The summed E-state index contributed by atoms with van der Waals surface area (Å²) in [6.07, 6.45) is 2.02. The summed E-state index contributed by atoms with van der Waals surface area (Å²) in [5.41, 5.74) is 2.99. The number of nitrogens with one attached hydrogen (secondary N) is 2. The van der Waals surface area contributed by atoms with E-state index in [0.717, 1.165) is 16.8 Å². The minimum Gasteiger partial charge on any atom is -0.324 e. The highest BCUT2D eigenvalue weighted by Gasteiger charge is 2.27. The zero-order valence-electron chi connectivity index (χ0n) is 17.1. The number of carbonyl (C=O) groups is 1. The number of halogens is 3. The summed E-state index contributed by atoms with van der Waals surface area (Å²) in [5, 5.41) is 11.0. The second-order valence-corrected chi connectivity index (χ2v) is 7.61. The molecule has 33 heavy (non-hydrogen) atoms. The molecule has 0 saturated carbocycles. The quantitative estimate of drug-likeness (QED) is 0.386. The van der Waals surface area contributed by atoms with Gasteiger partial charge in [0.2, 0.25) is 5.95 Å². The maximum atomic E-state index is 13.2. The van der Waals surface area contributed by atoms with E-state index >= 15 is 0 Å². The highest BCUT2D eigenvalue weighted by Crippen LogP contribution is 2.35. The molecule has 3 aromatic carbocycles. The lowest BCUT2D eigenvalue weighted by molar-refractivity contribution is 0.102. The average Bonchev–Trinajstić information content (AvgIpc) is 3.22. The Hall–Kier alpha value is -3.68. The monoisotopic (exact) mass is 481 g/mol. The summed E-state index contributed by atoms with van der Waals surface area (Å²) in [5.74, 6) is -0.255. The van der Waals surface area contributed by atoms with Crippen LogP contribution in [0, 0.1) is 5.82 Å². The number of fused-ring (bicyclic) bond motifs is 1. The lowest BCUT2D eigenvalue weighted by Gasteiger charge is -2.24. The van der Waals surface area contributed by atoms with Gasteiger partial charge in [-0.15, -0.1) is 17.5 Å². The number of allylic oxidation sites excluding steroid dienone is 1. The molecule has 1 unspecified atom stereocenters.